The Morgan fingerprint density at radius 1 is 1.29 bits per heavy atom. The Morgan fingerprint density at radius 2 is 2.06 bits per heavy atom. The molecule has 1 aromatic heterocycles. The fourth-order valence-corrected chi connectivity index (χ4v) is 1.67. The number of nitrogens with one attached hydrogen (secondary N) is 1. The van der Waals surface area contributed by atoms with Crippen LogP contribution in [0.15, 0.2) is 18.3 Å². The van der Waals surface area contributed by atoms with Crippen molar-refractivity contribution in [1.82, 2.24) is 4.98 Å². The minimum atomic E-state index is 0.705. The molecule has 0 saturated heterocycles. The first-order valence-electron chi connectivity index (χ1n) is 6.63. The monoisotopic (exact) mass is 236 g/mol. The molecule has 1 aromatic rings. The zero-order valence-electron chi connectivity index (χ0n) is 11.2. The average Bonchev–Trinajstić information content (AvgIpc) is 2.38. The van der Waals surface area contributed by atoms with Gasteiger partial charge in [0.05, 0.1) is 6.61 Å². The van der Waals surface area contributed by atoms with Gasteiger partial charge in [-0.2, -0.15) is 0 Å². The highest BCUT2D eigenvalue weighted by atomic mass is 16.5. The summed E-state index contributed by atoms with van der Waals surface area (Å²) in [6, 6.07) is 3.88. The van der Waals surface area contributed by atoms with Crippen molar-refractivity contribution < 1.29 is 4.74 Å². The molecule has 0 aliphatic heterocycles. The summed E-state index contributed by atoms with van der Waals surface area (Å²) < 4.78 is 5.66. The average molecular weight is 236 g/mol. The van der Waals surface area contributed by atoms with E-state index in [9.17, 15) is 0 Å². The Morgan fingerprint density at radius 3 is 2.71 bits per heavy atom. The van der Waals surface area contributed by atoms with Gasteiger partial charge in [0.15, 0.2) is 11.6 Å². The predicted molar refractivity (Wildman–Crippen MR) is 72.6 cm³/mol. The van der Waals surface area contributed by atoms with Crippen molar-refractivity contribution in [3.05, 3.63) is 18.3 Å². The van der Waals surface area contributed by atoms with Crippen molar-refractivity contribution in [2.24, 2.45) is 5.92 Å². The third-order valence-corrected chi connectivity index (χ3v) is 2.95. The molecule has 0 aliphatic carbocycles. The van der Waals surface area contributed by atoms with E-state index in [0.29, 0.717) is 5.92 Å². The summed E-state index contributed by atoms with van der Waals surface area (Å²) in [6.45, 7) is 8.26. The molecule has 3 nitrogen and oxygen atoms in total. The Labute approximate surface area is 105 Å². The number of pyridine rings is 1. The molecule has 96 valence electrons. The Bertz CT molecular complexity index is 311. The van der Waals surface area contributed by atoms with Gasteiger partial charge in [-0.05, 0) is 24.5 Å². The van der Waals surface area contributed by atoms with Gasteiger partial charge in [0, 0.05) is 12.7 Å². The van der Waals surface area contributed by atoms with Crippen LogP contribution in [0.4, 0.5) is 5.82 Å². The standard InChI is InChI=1S/C14H24N2O/c1-4-10-17-13-8-7-9-15-14(13)16-11-12(5-2)6-3/h7-9,12H,4-6,10-11H2,1-3H3,(H,15,16). The van der Waals surface area contributed by atoms with E-state index in [0.717, 1.165) is 31.1 Å². The van der Waals surface area contributed by atoms with Crippen LogP contribution in [0.2, 0.25) is 0 Å². The Kier molecular flexibility index (Phi) is 6.45. The summed E-state index contributed by atoms with van der Waals surface area (Å²) in [5.41, 5.74) is 0. The lowest BCUT2D eigenvalue weighted by Crippen LogP contribution is -2.14. The summed E-state index contributed by atoms with van der Waals surface area (Å²) in [5.74, 6) is 2.43. The highest BCUT2D eigenvalue weighted by Gasteiger charge is 2.07. The smallest absolute Gasteiger partial charge is 0.168 e. The highest BCUT2D eigenvalue weighted by molar-refractivity contribution is 5.49. The second-order valence-electron chi connectivity index (χ2n) is 4.26. The van der Waals surface area contributed by atoms with Crippen molar-refractivity contribution >= 4 is 5.82 Å². The lowest BCUT2D eigenvalue weighted by Gasteiger charge is -2.16. The molecule has 0 aromatic carbocycles. The van der Waals surface area contributed by atoms with Gasteiger partial charge in [0.1, 0.15) is 0 Å². The molecule has 0 aliphatic rings. The van der Waals surface area contributed by atoms with E-state index < -0.39 is 0 Å². The van der Waals surface area contributed by atoms with E-state index in [1.807, 2.05) is 12.1 Å². The summed E-state index contributed by atoms with van der Waals surface area (Å²) >= 11 is 0. The molecule has 3 heteroatoms. The molecule has 0 spiro atoms. The maximum absolute atomic E-state index is 5.66. The van der Waals surface area contributed by atoms with Gasteiger partial charge in [0.2, 0.25) is 0 Å². The first kappa shape index (κ1) is 13.8. The summed E-state index contributed by atoms with van der Waals surface area (Å²) in [7, 11) is 0. The molecule has 0 radical (unpaired) electrons. The summed E-state index contributed by atoms with van der Waals surface area (Å²) in [4.78, 5) is 4.34. The van der Waals surface area contributed by atoms with Gasteiger partial charge in [-0.1, -0.05) is 33.6 Å². The Balaban J connectivity index is 2.56. The Hall–Kier alpha value is -1.25. The van der Waals surface area contributed by atoms with Crippen molar-refractivity contribution in [2.45, 2.75) is 40.0 Å². The van der Waals surface area contributed by atoms with Crippen molar-refractivity contribution in [2.75, 3.05) is 18.5 Å². The summed E-state index contributed by atoms with van der Waals surface area (Å²) in [6.07, 6.45) is 5.21. The minimum Gasteiger partial charge on any atom is -0.490 e. The molecule has 0 amide bonds. The van der Waals surface area contributed by atoms with Crippen LogP contribution in [-0.2, 0) is 0 Å². The second kappa shape index (κ2) is 7.93. The maximum atomic E-state index is 5.66. The molecular weight excluding hydrogens is 212 g/mol. The molecule has 0 unspecified atom stereocenters. The number of hydrogen-bond acceptors (Lipinski definition) is 3. The van der Waals surface area contributed by atoms with Crippen LogP contribution >= 0.6 is 0 Å². The van der Waals surface area contributed by atoms with E-state index in [2.05, 4.69) is 31.1 Å². The first-order valence-corrected chi connectivity index (χ1v) is 6.63. The third-order valence-electron chi connectivity index (χ3n) is 2.95. The number of rotatable bonds is 8. The van der Waals surface area contributed by atoms with Crippen LogP contribution < -0.4 is 10.1 Å². The third kappa shape index (κ3) is 4.63. The molecule has 1 N–H and O–H groups in total. The van der Waals surface area contributed by atoms with Crippen LogP contribution in [0.25, 0.3) is 0 Å². The fraction of sp³-hybridized carbons (Fsp3) is 0.643. The quantitative estimate of drug-likeness (QED) is 0.747. The highest BCUT2D eigenvalue weighted by Crippen LogP contribution is 2.21. The van der Waals surface area contributed by atoms with E-state index in [1.165, 1.54) is 12.8 Å². The predicted octanol–water partition coefficient (Wildman–Crippen LogP) is 3.72. The number of hydrogen-bond donors (Lipinski definition) is 1. The minimum absolute atomic E-state index is 0.705. The van der Waals surface area contributed by atoms with Crippen molar-refractivity contribution in [3.63, 3.8) is 0 Å². The molecule has 1 rings (SSSR count). The topological polar surface area (TPSA) is 34.1 Å². The van der Waals surface area contributed by atoms with Gasteiger partial charge in [-0.25, -0.2) is 4.98 Å². The lowest BCUT2D eigenvalue weighted by molar-refractivity contribution is 0.317. The van der Waals surface area contributed by atoms with E-state index in [4.69, 9.17) is 4.74 Å². The van der Waals surface area contributed by atoms with Crippen LogP contribution in [0.5, 0.6) is 5.75 Å². The van der Waals surface area contributed by atoms with Gasteiger partial charge in [0.25, 0.3) is 0 Å². The van der Waals surface area contributed by atoms with Crippen LogP contribution in [-0.4, -0.2) is 18.1 Å². The largest absolute Gasteiger partial charge is 0.490 e. The second-order valence-corrected chi connectivity index (χ2v) is 4.26. The van der Waals surface area contributed by atoms with Gasteiger partial charge >= 0.3 is 0 Å². The van der Waals surface area contributed by atoms with E-state index >= 15 is 0 Å². The number of anilines is 1. The molecule has 1 heterocycles. The molecule has 0 saturated carbocycles. The van der Waals surface area contributed by atoms with Crippen molar-refractivity contribution in [3.8, 4) is 5.75 Å². The van der Waals surface area contributed by atoms with E-state index in [-0.39, 0.29) is 0 Å². The lowest BCUT2D eigenvalue weighted by atomic mass is 10.0. The van der Waals surface area contributed by atoms with Gasteiger partial charge < -0.3 is 10.1 Å². The van der Waals surface area contributed by atoms with Crippen molar-refractivity contribution in [1.29, 1.82) is 0 Å². The number of ether oxygens (including phenoxy) is 1. The van der Waals surface area contributed by atoms with Gasteiger partial charge in [-0.3, -0.25) is 0 Å². The molecule has 0 bridgehead atoms. The molecule has 0 atom stereocenters. The van der Waals surface area contributed by atoms with E-state index in [1.54, 1.807) is 6.20 Å². The number of nitrogens with zero attached hydrogens (tertiary/aromatic N) is 1. The zero-order chi connectivity index (χ0) is 12.5. The zero-order valence-corrected chi connectivity index (χ0v) is 11.2. The van der Waals surface area contributed by atoms with Gasteiger partial charge in [-0.15, -0.1) is 0 Å². The summed E-state index contributed by atoms with van der Waals surface area (Å²) in [5, 5.41) is 3.39. The maximum Gasteiger partial charge on any atom is 0.168 e. The first-order chi connectivity index (χ1) is 8.31. The normalized spacial score (nSPS) is 10.6. The fourth-order valence-electron chi connectivity index (χ4n) is 1.67. The SMILES string of the molecule is CCCOc1cccnc1NCC(CC)CC. The number of aromatic nitrogens is 1. The molecule has 0 fully saturated rings. The van der Waals surface area contributed by atoms with Crippen LogP contribution in [0.3, 0.4) is 0 Å². The molecule has 17 heavy (non-hydrogen) atoms. The van der Waals surface area contributed by atoms with Crippen LogP contribution in [0, 0.1) is 5.92 Å². The van der Waals surface area contributed by atoms with Crippen LogP contribution in [0.1, 0.15) is 40.0 Å². The molecular formula is C14H24N2O.